The van der Waals surface area contributed by atoms with E-state index in [-0.39, 0.29) is 5.91 Å². The third-order valence-corrected chi connectivity index (χ3v) is 4.33. The second-order valence-corrected chi connectivity index (χ2v) is 5.82. The Balaban J connectivity index is 1.95. The summed E-state index contributed by atoms with van der Waals surface area (Å²) in [5.74, 6) is -0.00725. The topological polar surface area (TPSA) is 32.3 Å². The molecule has 1 unspecified atom stereocenters. The standard InChI is InChI=1S/C17H14Cl2N2O/c1-2-9-21-15-6-4-3-5-12(15)16(17(21)22)20-11-7-8-13(18)14(19)10-11/h2-8,10,16,20H,1,9H2. The van der Waals surface area contributed by atoms with Gasteiger partial charge in [0.05, 0.1) is 10.0 Å². The lowest BCUT2D eigenvalue weighted by Gasteiger charge is -2.17. The minimum atomic E-state index is -0.437. The van der Waals surface area contributed by atoms with Gasteiger partial charge in [-0.15, -0.1) is 6.58 Å². The molecule has 1 aliphatic rings. The number of hydrogen-bond acceptors (Lipinski definition) is 2. The SMILES string of the molecule is C=CCN1C(=O)C(Nc2ccc(Cl)c(Cl)c2)c2ccccc21. The van der Waals surface area contributed by atoms with Gasteiger partial charge in [-0.05, 0) is 24.3 Å². The van der Waals surface area contributed by atoms with Crippen LogP contribution in [0.3, 0.4) is 0 Å². The second-order valence-electron chi connectivity index (χ2n) is 5.00. The molecule has 3 rings (SSSR count). The average Bonchev–Trinajstić information content (AvgIpc) is 2.77. The number of nitrogens with one attached hydrogen (secondary N) is 1. The molecule has 0 radical (unpaired) electrons. The summed E-state index contributed by atoms with van der Waals surface area (Å²) in [5.41, 5.74) is 2.60. The molecule has 1 N–H and O–H groups in total. The molecule has 0 fully saturated rings. The van der Waals surface area contributed by atoms with Crippen LogP contribution in [0.2, 0.25) is 10.0 Å². The van der Waals surface area contributed by atoms with E-state index in [2.05, 4.69) is 11.9 Å². The van der Waals surface area contributed by atoms with Gasteiger partial charge in [-0.25, -0.2) is 0 Å². The van der Waals surface area contributed by atoms with Crippen LogP contribution in [0.5, 0.6) is 0 Å². The molecule has 22 heavy (non-hydrogen) atoms. The highest BCUT2D eigenvalue weighted by molar-refractivity contribution is 6.42. The Morgan fingerprint density at radius 3 is 2.68 bits per heavy atom. The fourth-order valence-corrected chi connectivity index (χ4v) is 2.89. The van der Waals surface area contributed by atoms with Crippen LogP contribution in [0.25, 0.3) is 0 Å². The molecular weight excluding hydrogens is 319 g/mol. The Morgan fingerprint density at radius 1 is 1.18 bits per heavy atom. The van der Waals surface area contributed by atoms with Crippen LogP contribution in [0.4, 0.5) is 11.4 Å². The Hall–Kier alpha value is -1.97. The van der Waals surface area contributed by atoms with Crippen molar-refractivity contribution in [2.75, 3.05) is 16.8 Å². The fraction of sp³-hybridized carbons (Fsp3) is 0.118. The van der Waals surface area contributed by atoms with E-state index < -0.39 is 6.04 Å². The van der Waals surface area contributed by atoms with Gasteiger partial charge in [-0.1, -0.05) is 47.5 Å². The summed E-state index contributed by atoms with van der Waals surface area (Å²) in [7, 11) is 0. The molecule has 2 aromatic rings. The summed E-state index contributed by atoms with van der Waals surface area (Å²) in [6.07, 6.45) is 1.72. The van der Waals surface area contributed by atoms with E-state index in [0.717, 1.165) is 16.9 Å². The number of hydrogen-bond donors (Lipinski definition) is 1. The zero-order valence-corrected chi connectivity index (χ0v) is 13.2. The van der Waals surface area contributed by atoms with Crippen molar-refractivity contribution in [1.82, 2.24) is 0 Å². The third-order valence-electron chi connectivity index (χ3n) is 3.59. The number of rotatable bonds is 4. The Kier molecular flexibility index (Phi) is 4.10. The Morgan fingerprint density at radius 2 is 1.95 bits per heavy atom. The van der Waals surface area contributed by atoms with Gasteiger partial charge in [0.25, 0.3) is 5.91 Å². The monoisotopic (exact) mass is 332 g/mol. The number of para-hydroxylation sites is 1. The van der Waals surface area contributed by atoms with Crippen LogP contribution in [0.1, 0.15) is 11.6 Å². The predicted octanol–water partition coefficient (Wildman–Crippen LogP) is 4.68. The molecule has 0 aliphatic carbocycles. The third kappa shape index (κ3) is 2.58. The number of fused-ring (bicyclic) bond motifs is 1. The smallest absolute Gasteiger partial charge is 0.254 e. The first kappa shape index (κ1) is 14.9. The molecule has 0 saturated heterocycles. The summed E-state index contributed by atoms with van der Waals surface area (Å²) in [6.45, 7) is 4.20. The normalized spacial score (nSPS) is 16.5. The highest BCUT2D eigenvalue weighted by atomic mass is 35.5. The maximum Gasteiger partial charge on any atom is 0.254 e. The van der Waals surface area contributed by atoms with Crippen LogP contribution in [0, 0.1) is 0 Å². The molecule has 1 heterocycles. The minimum absolute atomic E-state index is 0.00725. The first-order valence-electron chi connectivity index (χ1n) is 6.84. The summed E-state index contributed by atoms with van der Waals surface area (Å²) in [5, 5.41) is 4.17. The molecule has 1 atom stereocenters. The number of carbonyl (C=O) groups excluding carboxylic acids is 1. The van der Waals surface area contributed by atoms with Crippen molar-refractivity contribution in [2.24, 2.45) is 0 Å². The lowest BCUT2D eigenvalue weighted by Crippen LogP contribution is -2.31. The van der Waals surface area contributed by atoms with Crippen LogP contribution in [0.15, 0.2) is 55.1 Å². The van der Waals surface area contributed by atoms with Crippen LogP contribution in [-0.2, 0) is 4.79 Å². The van der Waals surface area contributed by atoms with E-state index in [9.17, 15) is 4.79 Å². The molecule has 112 valence electrons. The fourth-order valence-electron chi connectivity index (χ4n) is 2.59. The highest BCUT2D eigenvalue weighted by Gasteiger charge is 2.36. The van der Waals surface area contributed by atoms with Crippen molar-refractivity contribution in [3.63, 3.8) is 0 Å². The quantitative estimate of drug-likeness (QED) is 0.824. The predicted molar refractivity (Wildman–Crippen MR) is 91.8 cm³/mol. The van der Waals surface area contributed by atoms with Gasteiger partial charge in [-0.3, -0.25) is 4.79 Å². The molecule has 5 heteroatoms. The van der Waals surface area contributed by atoms with E-state index in [0.29, 0.717) is 16.6 Å². The maximum atomic E-state index is 12.7. The van der Waals surface area contributed by atoms with Gasteiger partial charge in [-0.2, -0.15) is 0 Å². The van der Waals surface area contributed by atoms with Gasteiger partial charge in [0.2, 0.25) is 0 Å². The zero-order chi connectivity index (χ0) is 15.7. The number of benzene rings is 2. The second kappa shape index (κ2) is 6.03. The van der Waals surface area contributed by atoms with Gasteiger partial charge in [0.15, 0.2) is 0 Å². The van der Waals surface area contributed by atoms with Gasteiger partial charge < -0.3 is 10.2 Å². The number of carbonyl (C=O) groups is 1. The largest absolute Gasteiger partial charge is 0.370 e. The average molecular weight is 333 g/mol. The van der Waals surface area contributed by atoms with Crippen LogP contribution >= 0.6 is 23.2 Å². The van der Waals surface area contributed by atoms with Crippen LogP contribution in [-0.4, -0.2) is 12.5 Å². The lowest BCUT2D eigenvalue weighted by atomic mass is 10.1. The lowest BCUT2D eigenvalue weighted by molar-refractivity contribution is -0.118. The molecule has 1 aliphatic heterocycles. The number of amides is 1. The molecule has 0 bridgehead atoms. The molecule has 2 aromatic carbocycles. The zero-order valence-electron chi connectivity index (χ0n) is 11.7. The van der Waals surface area contributed by atoms with Crippen molar-refractivity contribution in [2.45, 2.75) is 6.04 Å². The van der Waals surface area contributed by atoms with Crippen LogP contribution < -0.4 is 10.2 Å². The maximum absolute atomic E-state index is 12.7. The van der Waals surface area contributed by atoms with Crippen molar-refractivity contribution >= 4 is 40.5 Å². The first-order valence-corrected chi connectivity index (χ1v) is 7.60. The molecule has 0 spiro atoms. The molecule has 1 amide bonds. The Bertz CT molecular complexity index is 745. The molecule has 0 saturated carbocycles. The first-order chi connectivity index (χ1) is 10.6. The van der Waals surface area contributed by atoms with Crippen molar-refractivity contribution in [3.05, 3.63) is 70.7 Å². The summed E-state index contributed by atoms with van der Waals surface area (Å²) in [4.78, 5) is 14.4. The minimum Gasteiger partial charge on any atom is -0.370 e. The summed E-state index contributed by atoms with van der Waals surface area (Å²) < 4.78 is 0. The number of anilines is 2. The molecular formula is C17H14Cl2N2O. The van der Waals surface area contributed by atoms with Gasteiger partial charge >= 0.3 is 0 Å². The summed E-state index contributed by atoms with van der Waals surface area (Å²) in [6, 6.07) is 12.5. The summed E-state index contributed by atoms with van der Waals surface area (Å²) >= 11 is 12.0. The van der Waals surface area contributed by atoms with E-state index >= 15 is 0 Å². The number of halogens is 2. The van der Waals surface area contributed by atoms with Crippen molar-refractivity contribution in [3.8, 4) is 0 Å². The van der Waals surface area contributed by atoms with Gasteiger partial charge in [0, 0.05) is 23.5 Å². The molecule has 3 nitrogen and oxygen atoms in total. The van der Waals surface area contributed by atoms with E-state index in [4.69, 9.17) is 23.2 Å². The van der Waals surface area contributed by atoms with Crippen molar-refractivity contribution in [1.29, 1.82) is 0 Å². The Labute approximate surface area is 139 Å². The number of nitrogens with zero attached hydrogens (tertiary/aromatic N) is 1. The van der Waals surface area contributed by atoms with E-state index in [1.807, 2.05) is 24.3 Å². The van der Waals surface area contributed by atoms with E-state index in [1.165, 1.54) is 0 Å². The van der Waals surface area contributed by atoms with Gasteiger partial charge in [0.1, 0.15) is 6.04 Å². The molecule has 0 aromatic heterocycles. The van der Waals surface area contributed by atoms with E-state index in [1.54, 1.807) is 29.2 Å². The van der Waals surface area contributed by atoms with Crippen molar-refractivity contribution < 1.29 is 4.79 Å². The highest BCUT2D eigenvalue weighted by Crippen LogP contribution is 2.38.